The molecule has 0 amide bonds. The van der Waals surface area contributed by atoms with Gasteiger partial charge in [0.25, 0.3) is 0 Å². The Morgan fingerprint density at radius 3 is 1.03 bits per heavy atom. The van der Waals surface area contributed by atoms with Crippen molar-refractivity contribution in [2.45, 2.75) is 210 Å². The van der Waals surface area contributed by atoms with Crippen LogP contribution in [-0.4, -0.2) is 38.3 Å². The summed E-state index contributed by atoms with van der Waals surface area (Å²) in [5, 5.41) is 53.1. The minimum absolute atomic E-state index is 0.0996. The number of aryl methyl sites for hydroxylation is 16. The van der Waals surface area contributed by atoms with E-state index in [0.717, 1.165) is 80.9 Å². The van der Waals surface area contributed by atoms with Crippen LogP contribution in [0.2, 0.25) is 0 Å². The van der Waals surface area contributed by atoms with Gasteiger partial charge in [-0.3, -0.25) is 4.79 Å². The lowest BCUT2D eigenvalue weighted by Crippen LogP contribution is -2.19. The molecule has 0 spiro atoms. The molecular formula is C86H91ClN2O7. The van der Waals surface area contributed by atoms with Crippen molar-refractivity contribution in [1.29, 1.82) is 10.5 Å². The molecule has 18 rings (SSSR count). The number of aliphatic carboxylic acids is 1. The Kier molecular flexibility index (Phi) is 23.2. The number of fused-ring (bicyclic) bond motifs is 8. The van der Waals surface area contributed by atoms with Gasteiger partial charge in [-0.2, -0.15) is 10.5 Å². The van der Waals surface area contributed by atoms with Crippen LogP contribution < -0.4 is 0 Å². The van der Waals surface area contributed by atoms with Gasteiger partial charge in [-0.1, -0.05) is 127 Å². The predicted molar refractivity (Wildman–Crippen MR) is 382 cm³/mol. The van der Waals surface area contributed by atoms with E-state index < -0.39 is 23.3 Å². The van der Waals surface area contributed by atoms with Crippen LogP contribution in [0.25, 0.3) is 0 Å². The van der Waals surface area contributed by atoms with E-state index in [1.807, 2.05) is 24.3 Å². The van der Waals surface area contributed by atoms with Crippen LogP contribution in [0.1, 0.15) is 215 Å². The summed E-state index contributed by atoms with van der Waals surface area (Å²) >= 11 is 5.73. The fourth-order valence-corrected chi connectivity index (χ4v) is 15.4. The lowest BCUT2D eigenvalue weighted by atomic mass is 9.93. The predicted octanol–water partition coefficient (Wildman–Crippen LogP) is 17.8. The Bertz CT molecular complexity index is 4050. The number of hydrogen-bond acceptors (Lipinski definition) is 6. The Labute approximate surface area is 572 Å². The zero-order valence-corrected chi connectivity index (χ0v) is 56.4. The van der Waals surface area contributed by atoms with E-state index in [9.17, 15) is 19.5 Å². The number of carboxylic acids is 3. The molecule has 8 aromatic carbocycles. The molecule has 10 heteroatoms. The highest BCUT2D eigenvalue weighted by atomic mass is 35.5. The van der Waals surface area contributed by atoms with Crippen molar-refractivity contribution in [3.63, 3.8) is 0 Å². The SMILES string of the molecule is ClCc1ccc2c(c1)CCC2.N#CC1(c2ccc3c(c2)CCC3)CC1.N#CCc1ccc2c(c1)CCC2.O=C(O)C1(c2ccc3c(c2)CCC3)CC1.O=C(O)c1ccc2c(c1)CCC2.O=C(O)c1ccc2c(c1)CCC2.OCc1ccc2c(c1)CCC2.c1ccc2c(c1)CCC2. The van der Waals surface area contributed by atoms with Crippen molar-refractivity contribution in [3.05, 3.63) is 280 Å². The van der Waals surface area contributed by atoms with E-state index in [1.54, 1.807) is 35.4 Å². The molecular weight excluding hydrogens is 1210 g/mol. The highest BCUT2D eigenvalue weighted by Gasteiger charge is 2.52. The summed E-state index contributed by atoms with van der Waals surface area (Å²) < 4.78 is 0. The molecule has 0 saturated heterocycles. The monoisotopic (exact) mass is 1300 g/mol. The summed E-state index contributed by atoms with van der Waals surface area (Å²) in [6.45, 7) is 0.174. The average molecular weight is 1300 g/mol. The van der Waals surface area contributed by atoms with Crippen LogP contribution in [0, 0.1) is 22.7 Å². The zero-order chi connectivity index (χ0) is 67.0. The number of benzene rings is 8. The number of halogens is 1. The number of aliphatic hydroxyl groups is 1. The van der Waals surface area contributed by atoms with Crippen molar-refractivity contribution in [1.82, 2.24) is 0 Å². The van der Waals surface area contributed by atoms with Crippen molar-refractivity contribution in [2.24, 2.45) is 0 Å². The highest BCUT2D eigenvalue weighted by Crippen LogP contribution is 2.50. The summed E-state index contributed by atoms with van der Waals surface area (Å²) in [5.74, 6) is -1.66. The first-order valence-electron chi connectivity index (χ1n) is 35.3. The largest absolute Gasteiger partial charge is 0.481 e. The molecule has 10 aliphatic carbocycles. The number of nitriles is 2. The van der Waals surface area contributed by atoms with E-state index in [-0.39, 0.29) is 12.0 Å². The lowest BCUT2D eigenvalue weighted by Gasteiger charge is -2.11. The van der Waals surface area contributed by atoms with Gasteiger partial charge in [-0.05, 0) is 321 Å². The fraction of sp³-hybridized carbons (Fsp3) is 0.384. The van der Waals surface area contributed by atoms with E-state index in [0.29, 0.717) is 23.4 Å². The summed E-state index contributed by atoms with van der Waals surface area (Å²) in [5.41, 5.74) is 28.8. The molecule has 4 N–H and O–H groups in total. The second-order valence-electron chi connectivity index (χ2n) is 27.7. The normalized spacial score (nSPS) is 16.6. The van der Waals surface area contributed by atoms with Crippen LogP contribution in [0.4, 0.5) is 0 Å². The molecule has 494 valence electrons. The summed E-state index contributed by atoms with van der Waals surface area (Å²) in [4.78, 5) is 32.4. The third kappa shape index (κ3) is 17.3. The first kappa shape index (κ1) is 68.8. The van der Waals surface area contributed by atoms with Crippen molar-refractivity contribution in [2.75, 3.05) is 0 Å². The molecule has 0 heterocycles. The first-order valence-corrected chi connectivity index (χ1v) is 35.8. The molecule has 10 aliphatic rings. The quantitative estimate of drug-likeness (QED) is 0.108. The second-order valence-corrected chi connectivity index (χ2v) is 27.9. The van der Waals surface area contributed by atoms with Crippen LogP contribution in [0.15, 0.2) is 152 Å². The number of carbonyl (C=O) groups is 3. The lowest BCUT2D eigenvalue weighted by molar-refractivity contribution is -0.140. The number of hydrogen-bond donors (Lipinski definition) is 4. The number of aromatic carboxylic acids is 2. The van der Waals surface area contributed by atoms with Gasteiger partial charge in [-0.15, -0.1) is 11.6 Å². The Morgan fingerprint density at radius 2 is 0.677 bits per heavy atom. The fourth-order valence-electron chi connectivity index (χ4n) is 15.3. The van der Waals surface area contributed by atoms with Crippen molar-refractivity contribution in [3.8, 4) is 12.1 Å². The molecule has 2 fully saturated rings. The average Bonchev–Trinajstić information content (AvgIpc) is 1.61. The minimum Gasteiger partial charge on any atom is -0.481 e. The van der Waals surface area contributed by atoms with Gasteiger partial charge in [0.15, 0.2) is 0 Å². The molecule has 8 aromatic rings. The zero-order valence-electron chi connectivity index (χ0n) is 55.6. The van der Waals surface area contributed by atoms with E-state index in [4.69, 9.17) is 37.4 Å². The molecule has 0 radical (unpaired) electrons. The van der Waals surface area contributed by atoms with E-state index in [2.05, 4.69) is 115 Å². The van der Waals surface area contributed by atoms with Crippen molar-refractivity contribution < 1.29 is 34.8 Å². The number of carboxylic acid groups (broad SMARTS) is 3. The molecule has 0 atom stereocenters. The smallest absolute Gasteiger partial charge is 0.335 e. The number of rotatable bonds is 8. The summed E-state index contributed by atoms with van der Waals surface area (Å²) in [7, 11) is 0. The summed E-state index contributed by atoms with van der Waals surface area (Å²) in [6.07, 6.45) is 33.3. The maximum Gasteiger partial charge on any atom is 0.335 e. The molecule has 0 bridgehead atoms. The van der Waals surface area contributed by atoms with Gasteiger partial charge < -0.3 is 20.4 Å². The van der Waals surface area contributed by atoms with Gasteiger partial charge in [-0.25, -0.2) is 9.59 Å². The van der Waals surface area contributed by atoms with Gasteiger partial charge in [0.1, 0.15) is 0 Å². The van der Waals surface area contributed by atoms with Crippen LogP contribution in [0.3, 0.4) is 0 Å². The van der Waals surface area contributed by atoms with E-state index >= 15 is 0 Å². The Morgan fingerprint density at radius 1 is 0.365 bits per heavy atom. The molecule has 2 saturated carbocycles. The molecule has 96 heavy (non-hydrogen) atoms. The Hall–Kier alpha value is -8.60. The Balaban J connectivity index is 0.000000112. The second kappa shape index (κ2) is 32.4. The minimum atomic E-state index is -0.829. The van der Waals surface area contributed by atoms with Gasteiger partial charge in [0.2, 0.25) is 0 Å². The van der Waals surface area contributed by atoms with E-state index in [1.165, 1.54) is 205 Å². The molecule has 0 unspecified atom stereocenters. The van der Waals surface area contributed by atoms with Gasteiger partial charge in [0.05, 0.1) is 47.1 Å². The van der Waals surface area contributed by atoms with Gasteiger partial charge in [0, 0.05) is 5.88 Å². The molecule has 0 aromatic heterocycles. The number of alkyl halides is 1. The highest BCUT2D eigenvalue weighted by molar-refractivity contribution is 6.17. The maximum atomic E-state index is 11.2. The summed E-state index contributed by atoms with van der Waals surface area (Å²) in [6, 6.07) is 56.5. The molecule has 0 aliphatic heterocycles. The number of nitrogens with zero attached hydrogens (tertiary/aromatic N) is 2. The van der Waals surface area contributed by atoms with Gasteiger partial charge >= 0.3 is 17.9 Å². The third-order valence-corrected chi connectivity index (χ3v) is 21.5. The van der Waals surface area contributed by atoms with Crippen LogP contribution in [-0.2, 0) is 137 Å². The first-order chi connectivity index (χ1) is 46.8. The number of aliphatic hydroxyl groups excluding tert-OH is 1. The van der Waals surface area contributed by atoms with Crippen LogP contribution in [0.5, 0.6) is 0 Å². The van der Waals surface area contributed by atoms with Crippen molar-refractivity contribution >= 4 is 29.5 Å². The standard InChI is InChI=1S/C13H13N.C13H14O2.C11H11N.C10H11Cl.2C10H10O2.C10H12O.C9H10/c14-9-13(6-7-13)12-5-4-10-2-1-3-11(10)8-12;14-12(15)13(6-7-13)11-5-4-9-2-1-3-10(9)8-11;12-7-6-9-4-5-10-2-1-3-11(10)8-9;11-7-8-4-5-9-2-1-3-10(9)6-8;2*11-10(12)9-5-4-7-2-1-3-8(7)6-9;11-7-8-4-5-9-2-1-3-10(9)6-8;1-2-5-9-7-3-6-8(9)4-1/h4-5,8H,1-3,6-7H2;4-5,8H,1-3,6-7H2,(H,14,15);4-5,8H,1-3,6H2;4-6H,1-3,7H2;2*4-6H,1-3H2,(H,11,12);4-6,11H,1-3,7H2;1-2,4-5H,3,6-7H2. The molecule has 9 nitrogen and oxygen atoms in total. The third-order valence-electron chi connectivity index (χ3n) is 21.2. The van der Waals surface area contributed by atoms with Crippen LogP contribution >= 0.6 is 11.6 Å². The topological polar surface area (TPSA) is 180 Å². The maximum absolute atomic E-state index is 11.2.